The predicted octanol–water partition coefficient (Wildman–Crippen LogP) is 2.05. The van der Waals surface area contributed by atoms with Crippen LogP contribution in [0.25, 0.3) is 11.6 Å². The first kappa shape index (κ1) is 14.7. The number of aromatic nitrogens is 3. The largest absolute Gasteiger partial charge is 0.481 e. The van der Waals surface area contributed by atoms with Crippen molar-refractivity contribution in [3.05, 3.63) is 29.8 Å². The molecule has 2 aromatic rings. The Balaban J connectivity index is 2.14. The van der Waals surface area contributed by atoms with E-state index < -0.39 is 11.4 Å². The highest BCUT2D eigenvalue weighted by Crippen LogP contribution is 2.26. The third-order valence-corrected chi connectivity index (χ3v) is 2.84. The Labute approximate surface area is 121 Å². The summed E-state index contributed by atoms with van der Waals surface area (Å²) >= 11 is 0. The van der Waals surface area contributed by atoms with Crippen molar-refractivity contribution in [1.82, 2.24) is 15.2 Å². The lowest BCUT2D eigenvalue weighted by molar-refractivity contribution is -0.139. The van der Waals surface area contributed by atoms with E-state index in [1.165, 1.54) is 6.20 Å². The molecule has 0 aliphatic carbocycles. The fourth-order valence-electron chi connectivity index (χ4n) is 1.90. The molecule has 7 nitrogen and oxygen atoms in total. The summed E-state index contributed by atoms with van der Waals surface area (Å²) in [5, 5.41) is 25.4. The molecular weight excluding hydrogens is 272 g/mol. The van der Waals surface area contributed by atoms with Gasteiger partial charge >= 0.3 is 5.97 Å². The lowest BCUT2D eigenvalue weighted by Gasteiger charge is -2.19. The summed E-state index contributed by atoms with van der Waals surface area (Å²) < 4.78 is 5.50. The number of hydrogen-bond acceptors (Lipinski definition) is 6. The van der Waals surface area contributed by atoms with Crippen LogP contribution < -0.4 is 0 Å². The first-order valence-corrected chi connectivity index (χ1v) is 6.30. The Morgan fingerprint density at radius 1 is 1.43 bits per heavy atom. The van der Waals surface area contributed by atoms with Gasteiger partial charge < -0.3 is 9.52 Å². The topological polar surface area (TPSA) is 113 Å². The molecule has 2 heterocycles. The summed E-state index contributed by atoms with van der Waals surface area (Å²) in [4.78, 5) is 14.9. The average Bonchev–Trinajstić information content (AvgIpc) is 2.85. The quantitative estimate of drug-likeness (QED) is 0.894. The van der Waals surface area contributed by atoms with Gasteiger partial charge in [0.25, 0.3) is 5.89 Å². The fourth-order valence-corrected chi connectivity index (χ4v) is 1.90. The molecule has 108 valence electrons. The first-order valence-electron chi connectivity index (χ1n) is 6.30. The van der Waals surface area contributed by atoms with Crippen LogP contribution in [0.5, 0.6) is 0 Å². The number of hydrogen-bond donors (Lipinski definition) is 1. The van der Waals surface area contributed by atoms with E-state index in [1.54, 1.807) is 12.1 Å². The summed E-state index contributed by atoms with van der Waals surface area (Å²) in [7, 11) is 0. The number of rotatable bonds is 5. The Morgan fingerprint density at radius 3 is 2.76 bits per heavy atom. The number of nitrogens with zero attached hydrogens (tertiary/aromatic N) is 4. The Bertz CT molecular complexity index is 683. The Hall–Kier alpha value is -2.75. The monoisotopic (exact) mass is 286 g/mol. The lowest BCUT2D eigenvalue weighted by atomic mass is 9.86. The van der Waals surface area contributed by atoms with Crippen molar-refractivity contribution in [1.29, 1.82) is 5.26 Å². The number of carboxylic acid groups (broad SMARTS) is 1. The van der Waals surface area contributed by atoms with E-state index in [2.05, 4.69) is 15.2 Å². The van der Waals surface area contributed by atoms with E-state index in [9.17, 15) is 4.79 Å². The van der Waals surface area contributed by atoms with Gasteiger partial charge in [0, 0.05) is 12.6 Å². The summed E-state index contributed by atoms with van der Waals surface area (Å²) in [6.45, 7) is 3.65. The van der Waals surface area contributed by atoms with Crippen molar-refractivity contribution < 1.29 is 14.3 Å². The molecule has 0 aromatic carbocycles. The molecule has 21 heavy (non-hydrogen) atoms. The first-order chi connectivity index (χ1) is 9.89. The van der Waals surface area contributed by atoms with Crippen LogP contribution in [0.2, 0.25) is 0 Å². The van der Waals surface area contributed by atoms with Gasteiger partial charge in [0.1, 0.15) is 11.8 Å². The second kappa shape index (κ2) is 5.71. The van der Waals surface area contributed by atoms with Gasteiger partial charge in [-0.05, 0) is 17.5 Å². The minimum atomic E-state index is -0.867. The molecule has 2 rings (SSSR count). The van der Waals surface area contributed by atoms with Gasteiger partial charge in [-0.3, -0.25) is 4.79 Å². The minimum absolute atomic E-state index is 0.0137. The second-order valence-electron chi connectivity index (χ2n) is 5.46. The molecule has 0 spiro atoms. The van der Waals surface area contributed by atoms with Crippen LogP contribution in [0.4, 0.5) is 0 Å². The summed E-state index contributed by atoms with van der Waals surface area (Å²) in [5.74, 6) is -0.253. The van der Waals surface area contributed by atoms with Crippen molar-refractivity contribution in [3.63, 3.8) is 0 Å². The van der Waals surface area contributed by atoms with Gasteiger partial charge in [-0.1, -0.05) is 13.8 Å². The molecule has 7 heteroatoms. The number of carbonyl (C=O) groups is 1. The van der Waals surface area contributed by atoms with E-state index in [-0.39, 0.29) is 12.3 Å². The summed E-state index contributed by atoms with van der Waals surface area (Å²) in [6.07, 6.45) is 1.80. The molecule has 0 bridgehead atoms. The standard InChI is InChI=1S/C14H14N4O3/c1-14(2,6-12(19)20)5-11-17-18-13(21-11)10-4-3-9(7-15)8-16-10/h3-4,8H,5-6H2,1-2H3,(H,19,20). The van der Waals surface area contributed by atoms with Crippen molar-refractivity contribution in [2.45, 2.75) is 26.7 Å². The van der Waals surface area contributed by atoms with Crippen LogP contribution in [-0.2, 0) is 11.2 Å². The average molecular weight is 286 g/mol. The lowest BCUT2D eigenvalue weighted by Crippen LogP contribution is -2.19. The molecule has 0 unspecified atom stereocenters. The van der Waals surface area contributed by atoms with Crippen LogP contribution in [0.1, 0.15) is 31.7 Å². The molecule has 1 N–H and O–H groups in total. The van der Waals surface area contributed by atoms with E-state index in [4.69, 9.17) is 14.8 Å². The molecular formula is C14H14N4O3. The van der Waals surface area contributed by atoms with Gasteiger partial charge in [0.05, 0.1) is 12.0 Å². The predicted molar refractivity (Wildman–Crippen MR) is 72.0 cm³/mol. The second-order valence-corrected chi connectivity index (χ2v) is 5.46. The van der Waals surface area contributed by atoms with Crippen LogP contribution in [0, 0.1) is 16.7 Å². The van der Waals surface area contributed by atoms with E-state index in [1.807, 2.05) is 19.9 Å². The third kappa shape index (κ3) is 3.86. The molecule has 0 saturated heterocycles. The number of carboxylic acids is 1. The van der Waals surface area contributed by atoms with Crippen LogP contribution >= 0.6 is 0 Å². The maximum atomic E-state index is 10.8. The van der Waals surface area contributed by atoms with E-state index in [0.717, 1.165) is 0 Å². The Kier molecular flexibility index (Phi) is 3.98. The molecule has 0 atom stereocenters. The molecule has 2 aromatic heterocycles. The number of pyridine rings is 1. The van der Waals surface area contributed by atoms with Crippen LogP contribution in [-0.4, -0.2) is 26.3 Å². The normalized spacial score (nSPS) is 11.1. The molecule has 0 amide bonds. The Morgan fingerprint density at radius 2 is 2.19 bits per heavy atom. The van der Waals surface area contributed by atoms with Gasteiger partial charge in [-0.2, -0.15) is 5.26 Å². The number of nitriles is 1. The highest BCUT2D eigenvalue weighted by atomic mass is 16.4. The maximum Gasteiger partial charge on any atom is 0.303 e. The summed E-state index contributed by atoms with van der Waals surface area (Å²) in [6, 6.07) is 5.21. The van der Waals surface area contributed by atoms with E-state index in [0.29, 0.717) is 23.6 Å². The zero-order chi connectivity index (χ0) is 15.5. The van der Waals surface area contributed by atoms with Gasteiger partial charge in [-0.25, -0.2) is 4.98 Å². The molecule has 0 fully saturated rings. The molecule has 0 aliphatic heterocycles. The zero-order valence-corrected chi connectivity index (χ0v) is 11.7. The minimum Gasteiger partial charge on any atom is -0.481 e. The van der Waals surface area contributed by atoms with Gasteiger partial charge in [0.15, 0.2) is 0 Å². The molecule has 0 aliphatic rings. The van der Waals surface area contributed by atoms with Crippen molar-refractivity contribution in [2.24, 2.45) is 5.41 Å². The van der Waals surface area contributed by atoms with Crippen molar-refractivity contribution in [3.8, 4) is 17.7 Å². The van der Waals surface area contributed by atoms with Crippen molar-refractivity contribution >= 4 is 5.97 Å². The fraction of sp³-hybridized carbons (Fsp3) is 0.357. The van der Waals surface area contributed by atoms with Crippen molar-refractivity contribution in [2.75, 3.05) is 0 Å². The number of aliphatic carboxylic acids is 1. The molecule has 0 saturated carbocycles. The smallest absolute Gasteiger partial charge is 0.303 e. The van der Waals surface area contributed by atoms with Crippen LogP contribution in [0.15, 0.2) is 22.7 Å². The molecule has 0 radical (unpaired) electrons. The van der Waals surface area contributed by atoms with E-state index >= 15 is 0 Å². The SMILES string of the molecule is CC(C)(CC(=O)O)Cc1nnc(-c2ccc(C#N)cn2)o1. The zero-order valence-electron chi connectivity index (χ0n) is 11.7. The highest BCUT2D eigenvalue weighted by molar-refractivity contribution is 5.67. The summed E-state index contributed by atoms with van der Waals surface area (Å²) in [5.41, 5.74) is 0.443. The maximum absolute atomic E-state index is 10.8. The van der Waals surface area contributed by atoms with Crippen LogP contribution in [0.3, 0.4) is 0 Å². The van der Waals surface area contributed by atoms with Gasteiger partial charge in [-0.15, -0.1) is 10.2 Å². The highest BCUT2D eigenvalue weighted by Gasteiger charge is 2.25. The van der Waals surface area contributed by atoms with Gasteiger partial charge in [0.2, 0.25) is 5.89 Å². The third-order valence-electron chi connectivity index (χ3n) is 2.84.